The highest BCUT2D eigenvalue weighted by Gasteiger charge is 2.21. The molecule has 0 unspecified atom stereocenters. The van der Waals surface area contributed by atoms with Crippen molar-refractivity contribution in [1.29, 1.82) is 0 Å². The maximum atomic E-state index is 11.1. The second-order valence-corrected chi connectivity index (χ2v) is 3.15. The topological polar surface area (TPSA) is 59.6 Å². The van der Waals surface area contributed by atoms with Crippen LogP contribution in [-0.2, 0) is 4.79 Å². The molecule has 2 aliphatic rings. The summed E-state index contributed by atoms with van der Waals surface area (Å²) in [7, 11) is 0. The van der Waals surface area contributed by atoms with Gasteiger partial charge < -0.3 is 20.1 Å². The molecule has 0 spiro atoms. The van der Waals surface area contributed by atoms with Gasteiger partial charge in [-0.2, -0.15) is 0 Å². The maximum Gasteiger partial charge on any atom is 0.243 e. The maximum absolute atomic E-state index is 11.1. The van der Waals surface area contributed by atoms with E-state index in [0.717, 1.165) is 11.4 Å². The van der Waals surface area contributed by atoms with Gasteiger partial charge >= 0.3 is 0 Å². The summed E-state index contributed by atoms with van der Waals surface area (Å²) >= 11 is 0. The summed E-state index contributed by atoms with van der Waals surface area (Å²) in [4.78, 5) is 11.1. The molecule has 0 atom stereocenters. The second kappa shape index (κ2) is 2.54. The van der Waals surface area contributed by atoms with Gasteiger partial charge in [0.1, 0.15) is 0 Å². The summed E-state index contributed by atoms with van der Waals surface area (Å²) in [5.74, 6) is 1.34. The van der Waals surface area contributed by atoms with Crippen LogP contribution >= 0.6 is 0 Å². The Kier molecular flexibility index (Phi) is 1.36. The van der Waals surface area contributed by atoms with Crippen LogP contribution in [0.5, 0.6) is 11.5 Å². The lowest BCUT2D eigenvalue weighted by molar-refractivity contribution is -0.114. The van der Waals surface area contributed by atoms with E-state index < -0.39 is 0 Å². The van der Waals surface area contributed by atoms with Crippen LogP contribution in [0.15, 0.2) is 12.1 Å². The van der Waals surface area contributed by atoms with E-state index >= 15 is 0 Å². The molecule has 1 aromatic rings. The van der Waals surface area contributed by atoms with Gasteiger partial charge in [-0.15, -0.1) is 0 Å². The van der Waals surface area contributed by atoms with E-state index in [4.69, 9.17) is 9.47 Å². The van der Waals surface area contributed by atoms with Crippen LogP contribution in [0.1, 0.15) is 0 Å². The summed E-state index contributed by atoms with van der Waals surface area (Å²) in [5, 5.41) is 5.75. The molecule has 1 aromatic carbocycles. The number of benzene rings is 1. The zero-order valence-electron chi connectivity index (χ0n) is 7.29. The molecule has 2 N–H and O–H groups in total. The number of amides is 1. The zero-order chi connectivity index (χ0) is 9.54. The lowest BCUT2D eigenvalue weighted by Crippen LogP contribution is -2.27. The number of anilines is 2. The normalized spacial score (nSPS) is 17.0. The summed E-state index contributed by atoms with van der Waals surface area (Å²) in [6.07, 6.45) is 0. The third-order valence-electron chi connectivity index (χ3n) is 2.23. The standard InChI is InChI=1S/C9H8N2O3/c12-9-3-10-5-1-7-8(14-4-13-7)2-6(5)11-9/h1-2,10H,3-4H2,(H,11,12). The Morgan fingerprint density at radius 3 is 2.64 bits per heavy atom. The van der Waals surface area contributed by atoms with Crippen LogP contribution in [0.4, 0.5) is 11.4 Å². The number of hydrogen-bond donors (Lipinski definition) is 2. The molecule has 0 saturated carbocycles. The molecule has 1 amide bonds. The van der Waals surface area contributed by atoms with Crippen LogP contribution in [0.2, 0.25) is 0 Å². The van der Waals surface area contributed by atoms with Crippen LogP contribution in [0, 0.1) is 0 Å². The molecule has 0 aromatic heterocycles. The van der Waals surface area contributed by atoms with Gasteiger partial charge in [0, 0.05) is 12.1 Å². The third kappa shape index (κ3) is 0.985. The molecule has 5 nitrogen and oxygen atoms in total. The molecule has 0 bridgehead atoms. The number of hydrogen-bond acceptors (Lipinski definition) is 4. The highest BCUT2D eigenvalue weighted by atomic mass is 16.7. The van der Waals surface area contributed by atoms with Gasteiger partial charge in [-0.3, -0.25) is 4.79 Å². The molecular weight excluding hydrogens is 184 g/mol. The highest BCUT2D eigenvalue weighted by molar-refractivity contribution is 6.01. The molecule has 0 fully saturated rings. The molecule has 3 rings (SSSR count). The van der Waals surface area contributed by atoms with Gasteiger partial charge in [-0.25, -0.2) is 0 Å². The predicted molar refractivity (Wildman–Crippen MR) is 49.7 cm³/mol. The van der Waals surface area contributed by atoms with Crippen LogP contribution < -0.4 is 20.1 Å². The average Bonchev–Trinajstić information content (AvgIpc) is 2.61. The Balaban J connectivity index is 2.10. The van der Waals surface area contributed by atoms with E-state index in [2.05, 4.69) is 10.6 Å². The highest BCUT2D eigenvalue weighted by Crippen LogP contribution is 2.40. The van der Waals surface area contributed by atoms with Gasteiger partial charge in [0.05, 0.1) is 17.9 Å². The van der Waals surface area contributed by atoms with Crippen LogP contribution in [-0.4, -0.2) is 19.2 Å². The van der Waals surface area contributed by atoms with Crippen molar-refractivity contribution < 1.29 is 14.3 Å². The molecule has 2 heterocycles. The van der Waals surface area contributed by atoms with Crippen molar-refractivity contribution in [3.8, 4) is 11.5 Å². The Bertz CT molecular complexity index is 417. The molecule has 0 radical (unpaired) electrons. The molecule has 0 aliphatic carbocycles. The lowest BCUT2D eigenvalue weighted by Gasteiger charge is -2.18. The van der Waals surface area contributed by atoms with Gasteiger partial charge in [0.15, 0.2) is 11.5 Å². The number of nitrogens with one attached hydrogen (secondary N) is 2. The monoisotopic (exact) mass is 192 g/mol. The molecule has 14 heavy (non-hydrogen) atoms. The molecule has 0 saturated heterocycles. The van der Waals surface area contributed by atoms with E-state index in [9.17, 15) is 4.79 Å². The van der Waals surface area contributed by atoms with Crippen molar-refractivity contribution in [3.63, 3.8) is 0 Å². The number of fused-ring (bicyclic) bond motifs is 2. The fourth-order valence-corrected chi connectivity index (χ4v) is 1.56. The Morgan fingerprint density at radius 1 is 1.14 bits per heavy atom. The Hall–Kier alpha value is -1.91. The van der Waals surface area contributed by atoms with Gasteiger partial charge in [-0.05, 0) is 0 Å². The Labute approximate surface area is 80.0 Å². The minimum absolute atomic E-state index is 0.0450. The summed E-state index contributed by atoms with van der Waals surface area (Å²) < 4.78 is 10.4. The number of carbonyl (C=O) groups excluding carboxylic acids is 1. The average molecular weight is 192 g/mol. The van der Waals surface area contributed by atoms with Crippen molar-refractivity contribution in [2.45, 2.75) is 0 Å². The number of rotatable bonds is 0. The summed E-state index contributed by atoms with van der Waals surface area (Å²) in [5.41, 5.74) is 1.61. The van der Waals surface area contributed by atoms with Crippen molar-refractivity contribution in [3.05, 3.63) is 12.1 Å². The van der Waals surface area contributed by atoms with Gasteiger partial charge in [-0.1, -0.05) is 0 Å². The summed E-state index contributed by atoms with van der Waals surface area (Å²) in [6.45, 7) is 0.540. The molecule has 2 aliphatic heterocycles. The molecular formula is C9H8N2O3. The smallest absolute Gasteiger partial charge is 0.243 e. The van der Waals surface area contributed by atoms with E-state index in [-0.39, 0.29) is 12.7 Å². The largest absolute Gasteiger partial charge is 0.454 e. The number of carbonyl (C=O) groups is 1. The van der Waals surface area contributed by atoms with Gasteiger partial charge in [0.25, 0.3) is 0 Å². The first kappa shape index (κ1) is 7.49. The third-order valence-corrected chi connectivity index (χ3v) is 2.23. The minimum atomic E-state index is -0.0450. The predicted octanol–water partition coefficient (Wildman–Crippen LogP) is 0.779. The van der Waals surface area contributed by atoms with Crippen LogP contribution in [0.25, 0.3) is 0 Å². The lowest BCUT2D eigenvalue weighted by atomic mass is 10.2. The fourth-order valence-electron chi connectivity index (χ4n) is 1.56. The van der Waals surface area contributed by atoms with Crippen molar-refractivity contribution in [1.82, 2.24) is 0 Å². The van der Waals surface area contributed by atoms with E-state index in [1.807, 2.05) is 6.07 Å². The molecule has 5 heteroatoms. The quantitative estimate of drug-likeness (QED) is 0.637. The first-order chi connectivity index (χ1) is 6.83. The molecule has 72 valence electrons. The Morgan fingerprint density at radius 2 is 1.86 bits per heavy atom. The van der Waals surface area contributed by atoms with Crippen molar-refractivity contribution in [2.75, 3.05) is 24.0 Å². The first-order valence-electron chi connectivity index (χ1n) is 4.30. The van der Waals surface area contributed by atoms with Crippen molar-refractivity contribution in [2.24, 2.45) is 0 Å². The second-order valence-electron chi connectivity index (χ2n) is 3.15. The zero-order valence-corrected chi connectivity index (χ0v) is 7.29. The number of ether oxygens (including phenoxy) is 2. The van der Waals surface area contributed by atoms with Crippen molar-refractivity contribution >= 4 is 17.3 Å². The minimum Gasteiger partial charge on any atom is -0.454 e. The SMILES string of the molecule is O=C1CNc2cc3c(cc2N1)OCO3. The van der Waals surface area contributed by atoms with E-state index in [1.54, 1.807) is 6.07 Å². The van der Waals surface area contributed by atoms with E-state index in [1.165, 1.54) is 0 Å². The summed E-state index contributed by atoms with van der Waals surface area (Å²) in [6, 6.07) is 3.60. The van der Waals surface area contributed by atoms with Crippen LogP contribution in [0.3, 0.4) is 0 Å². The fraction of sp³-hybridized carbons (Fsp3) is 0.222. The van der Waals surface area contributed by atoms with E-state index in [0.29, 0.717) is 18.0 Å². The first-order valence-corrected chi connectivity index (χ1v) is 4.30. The van der Waals surface area contributed by atoms with Gasteiger partial charge in [0.2, 0.25) is 12.7 Å².